The number of rotatable bonds is 0. The molecule has 0 aromatic carbocycles. The molecule has 2 heterocycles. The molecule has 0 aliphatic rings. The second-order valence-corrected chi connectivity index (χ2v) is 4.41. The van der Waals surface area contributed by atoms with Gasteiger partial charge >= 0.3 is 0 Å². The minimum Gasteiger partial charge on any atom is -0.269 e. The number of hydrogen-bond donors (Lipinski definition) is 1. The highest BCUT2D eigenvalue weighted by atomic mass is 127. The lowest BCUT2D eigenvalue weighted by Crippen LogP contribution is -1.82. The van der Waals surface area contributed by atoms with Crippen LogP contribution in [0, 0.1) is 10.6 Å². The smallest absolute Gasteiger partial charge is 0.183 e. The van der Waals surface area contributed by atoms with Gasteiger partial charge in [-0.2, -0.15) is 5.10 Å². The molecular formula is C7H5BrIN3. The highest BCUT2D eigenvalue weighted by Crippen LogP contribution is 2.25. The predicted molar refractivity (Wildman–Crippen MR) is 59.0 cm³/mol. The van der Waals surface area contributed by atoms with Gasteiger partial charge in [0, 0.05) is 10.2 Å². The molecule has 0 aliphatic heterocycles. The molecule has 0 saturated heterocycles. The van der Waals surface area contributed by atoms with Gasteiger partial charge in [0.15, 0.2) is 5.65 Å². The Morgan fingerprint density at radius 2 is 2.33 bits per heavy atom. The normalized spacial score (nSPS) is 10.9. The number of aromatic nitrogens is 3. The quantitative estimate of drug-likeness (QED) is 0.751. The first kappa shape index (κ1) is 8.43. The van der Waals surface area contributed by atoms with Gasteiger partial charge in [-0.1, -0.05) is 0 Å². The Labute approximate surface area is 91.2 Å². The molecule has 0 atom stereocenters. The molecule has 2 rings (SSSR count). The lowest BCUT2D eigenvalue weighted by molar-refractivity contribution is 1.07. The van der Waals surface area contributed by atoms with Gasteiger partial charge in [-0.3, -0.25) is 5.10 Å². The van der Waals surface area contributed by atoms with Crippen LogP contribution >= 0.6 is 38.5 Å². The number of nitrogens with zero attached hydrogens (tertiary/aromatic N) is 2. The number of aromatic amines is 1. The summed E-state index contributed by atoms with van der Waals surface area (Å²) in [6.45, 7) is 1.95. The van der Waals surface area contributed by atoms with Crippen LogP contribution < -0.4 is 0 Å². The Morgan fingerprint density at radius 1 is 1.58 bits per heavy atom. The zero-order valence-corrected chi connectivity index (χ0v) is 9.97. The highest BCUT2D eigenvalue weighted by molar-refractivity contribution is 14.1. The third kappa shape index (κ3) is 1.24. The molecule has 3 nitrogen and oxygen atoms in total. The summed E-state index contributed by atoms with van der Waals surface area (Å²) in [6, 6.07) is 1.99. The fourth-order valence-corrected chi connectivity index (χ4v) is 2.79. The molecule has 0 amide bonds. The van der Waals surface area contributed by atoms with Gasteiger partial charge in [-0.25, -0.2) is 4.98 Å². The molecule has 1 N–H and O–H groups in total. The van der Waals surface area contributed by atoms with E-state index in [1.165, 1.54) is 0 Å². The lowest BCUT2D eigenvalue weighted by atomic mass is 10.3. The number of halogens is 2. The fourth-order valence-electron chi connectivity index (χ4n) is 1.06. The average molecular weight is 338 g/mol. The maximum atomic E-state index is 4.28. The largest absolute Gasteiger partial charge is 0.269 e. The standard InChI is InChI=1S/C7H5BrIN3/c1-3-2-4(8)5-6(9)11-12-7(5)10-3/h2H,1H3,(H,10,11,12). The Kier molecular flexibility index (Phi) is 2.07. The van der Waals surface area contributed by atoms with Crippen LogP contribution in [0.1, 0.15) is 5.69 Å². The van der Waals surface area contributed by atoms with Gasteiger partial charge in [0.05, 0.1) is 5.39 Å². The van der Waals surface area contributed by atoms with Crippen molar-refractivity contribution in [1.82, 2.24) is 15.2 Å². The van der Waals surface area contributed by atoms with Crippen molar-refractivity contribution in [2.24, 2.45) is 0 Å². The SMILES string of the molecule is Cc1cc(Br)c2c(I)[nH]nc2n1. The van der Waals surface area contributed by atoms with Crippen molar-refractivity contribution in [1.29, 1.82) is 0 Å². The zero-order valence-electron chi connectivity index (χ0n) is 6.23. The molecular weight excluding hydrogens is 333 g/mol. The van der Waals surface area contributed by atoms with Crippen LogP contribution in [0.2, 0.25) is 0 Å². The van der Waals surface area contributed by atoms with E-state index in [0.29, 0.717) is 0 Å². The molecule has 0 fully saturated rings. The van der Waals surface area contributed by atoms with Crippen LogP contribution in [0.5, 0.6) is 0 Å². The fraction of sp³-hybridized carbons (Fsp3) is 0.143. The van der Waals surface area contributed by atoms with E-state index in [1.807, 2.05) is 13.0 Å². The second-order valence-electron chi connectivity index (χ2n) is 2.48. The van der Waals surface area contributed by atoms with Crippen molar-refractivity contribution >= 4 is 49.6 Å². The van der Waals surface area contributed by atoms with E-state index in [0.717, 1.165) is 24.9 Å². The summed E-state index contributed by atoms with van der Waals surface area (Å²) in [4.78, 5) is 4.28. The second kappa shape index (κ2) is 2.95. The first-order chi connectivity index (χ1) is 5.68. The van der Waals surface area contributed by atoms with Gasteiger partial charge in [-0.05, 0) is 51.5 Å². The monoisotopic (exact) mass is 337 g/mol. The minimum atomic E-state index is 0.770. The van der Waals surface area contributed by atoms with E-state index in [9.17, 15) is 0 Å². The van der Waals surface area contributed by atoms with Gasteiger partial charge in [-0.15, -0.1) is 0 Å². The Bertz CT molecular complexity index is 437. The molecule has 0 bridgehead atoms. The summed E-state index contributed by atoms with van der Waals surface area (Å²) in [5, 5.41) is 8.01. The first-order valence-corrected chi connectivity index (χ1v) is 5.22. The van der Waals surface area contributed by atoms with Crippen molar-refractivity contribution in [2.75, 3.05) is 0 Å². The molecule has 5 heteroatoms. The van der Waals surface area contributed by atoms with Gasteiger partial charge in [0.2, 0.25) is 0 Å². The van der Waals surface area contributed by atoms with E-state index >= 15 is 0 Å². The average Bonchev–Trinajstić information content (AvgIpc) is 2.31. The van der Waals surface area contributed by atoms with Crippen LogP contribution in [0.4, 0.5) is 0 Å². The molecule has 2 aromatic heterocycles. The molecule has 0 radical (unpaired) electrons. The van der Waals surface area contributed by atoms with E-state index < -0.39 is 0 Å². The summed E-state index contributed by atoms with van der Waals surface area (Å²) < 4.78 is 2.06. The van der Waals surface area contributed by atoms with Crippen LogP contribution in [0.15, 0.2) is 10.5 Å². The third-order valence-corrected chi connectivity index (χ3v) is 2.97. The minimum absolute atomic E-state index is 0.770. The molecule has 12 heavy (non-hydrogen) atoms. The summed E-state index contributed by atoms with van der Waals surface area (Å²) >= 11 is 5.68. The van der Waals surface area contributed by atoms with Crippen molar-refractivity contribution < 1.29 is 0 Å². The predicted octanol–water partition coefficient (Wildman–Crippen LogP) is 2.63. The third-order valence-electron chi connectivity index (χ3n) is 1.56. The van der Waals surface area contributed by atoms with Gasteiger partial charge < -0.3 is 0 Å². The molecule has 0 aliphatic carbocycles. The maximum absolute atomic E-state index is 4.28. The molecule has 0 saturated carbocycles. The zero-order chi connectivity index (χ0) is 8.72. The highest BCUT2D eigenvalue weighted by Gasteiger charge is 2.07. The topological polar surface area (TPSA) is 41.6 Å². The maximum Gasteiger partial charge on any atom is 0.183 e. The summed E-state index contributed by atoms with van der Waals surface area (Å²) in [6.07, 6.45) is 0. The first-order valence-electron chi connectivity index (χ1n) is 3.35. The Balaban J connectivity index is 2.93. The van der Waals surface area contributed by atoms with Crippen LogP contribution in [-0.4, -0.2) is 15.2 Å². The van der Waals surface area contributed by atoms with E-state index in [1.54, 1.807) is 0 Å². The van der Waals surface area contributed by atoms with Crippen molar-refractivity contribution in [3.63, 3.8) is 0 Å². The molecule has 0 spiro atoms. The number of H-pyrrole nitrogens is 1. The van der Waals surface area contributed by atoms with Crippen LogP contribution in [0.25, 0.3) is 11.0 Å². The van der Waals surface area contributed by atoms with E-state index in [4.69, 9.17) is 0 Å². The van der Waals surface area contributed by atoms with E-state index in [2.05, 4.69) is 53.7 Å². The Hall–Kier alpha value is -0.170. The number of nitrogens with one attached hydrogen (secondary N) is 1. The van der Waals surface area contributed by atoms with E-state index in [-0.39, 0.29) is 0 Å². The van der Waals surface area contributed by atoms with Gasteiger partial charge in [0.1, 0.15) is 3.70 Å². The molecule has 0 unspecified atom stereocenters. The van der Waals surface area contributed by atoms with Crippen LogP contribution in [-0.2, 0) is 0 Å². The Morgan fingerprint density at radius 3 is 3.08 bits per heavy atom. The number of hydrogen-bond acceptors (Lipinski definition) is 2. The van der Waals surface area contributed by atoms with Crippen molar-refractivity contribution in [2.45, 2.75) is 6.92 Å². The number of fused-ring (bicyclic) bond motifs is 1. The van der Waals surface area contributed by atoms with Crippen molar-refractivity contribution in [3.8, 4) is 0 Å². The summed E-state index contributed by atoms with van der Waals surface area (Å²) in [5.74, 6) is 0. The summed E-state index contributed by atoms with van der Waals surface area (Å²) in [5.41, 5.74) is 1.74. The van der Waals surface area contributed by atoms with Gasteiger partial charge in [0.25, 0.3) is 0 Å². The number of pyridine rings is 1. The number of aryl methyl sites for hydroxylation is 1. The van der Waals surface area contributed by atoms with Crippen molar-refractivity contribution in [3.05, 3.63) is 19.9 Å². The lowest BCUT2D eigenvalue weighted by Gasteiger charge is -1.94. The molecule has 2 aromatic rings. The molecule has 62 valence electrons. The summed E-state index contributed by atoms with van der Waals surface area (Å²) in [7, 11) is 0. The van der Waals surface area contributed by atoms with Crippen LogP contribution in [0.3, 0.4) is 0 Å².